The Hall–Kier alpha value is -3.65. The van der Waals surface area contributed by atoms with Crippen molar-refractivity contribution in [1.82, 2.24) is 19.7 Å². The van der Waals surface area contributed by atoms with Gasteiger partial charge in [-0.1, -0.05) is 68.5 Å². The quantitative estimate of drug-likeness (QED) is 0.361. The zero-order chi connectivity index (χ0) is 24.6. The highest BCUT2D eigenvalue weighted by molar-refractivity contribution is 7.92. The topological polar surface area (TPSA) is 92.7 Å². The van der Waals surface area contributed by atoms with Crippen molar-refractivity contribution >= 4 is 26.6 Å². The van der Waals surface area contributed by atoms with Crippen molar-refractivity contribution in [3.63, 3.8) is 0 Å². The number of anilines is 1. The van der Waals surface area contributed by atoms with Gasteiger partial charge in [0.1, 0.15) is 5.54 Å². The summed E-state index contributed by atoms with van der Waals surface area (Å²) in [5, 5.41) is 8.64. The molecule has 0 saturated carbocycles. The van der Waals surface area contributed by atoms with E-state index in [1.807, 2.05) is 54.7 Å². The number of fused-ring (bicyclic) bond motifs is 1. The summed E-state index contributed by atoms with van der Waals surface area (Å²) in [5.41, 5.74) is 2.89. The number of H-pyrrole nitrogens is 1. The van der Waals surface area contributed by atoms with Crippen molar-refractivity contribution in [2.75, 3.05) is 11.0 Å². The summed E-state index contributed by atoms with van der Waals surface area (Å²) in [6.07, 6.45) is 11.5. The Morgan fingerprint density at radius 2 is 1.94 bits per heavy atom. The summed E-state index contributed by atoms with van der Waals surface area (Å²) in [7, 11) is -3.42. The van der Waals surface area contributed by atoms with E-state index in [0.29, 0.717) is 23.9 Å². The van der Waals surface area contributed by atoms with Gasteiger partial charge in [-0.3, -0.25) is 9.82 Å². The third-order valence-corrected chi connectivity index (χ3v) is 7.24. The lowest BCUT2D eigenvalue weighted by Crippen LogP contribution is -2.37. The molecule has 2 aromatic carbocycles. The van der Waals surface area contributed by atoms with E-state index < -0.39 is 15.6 Å². The number of aromatic nitrogens is 4. The van der Waals surface area contributed by atoms with Crippen LogP contribution in [0.2, 0.25) is 0 Å². The molecule has 0 saturated heterocycles. The zero-order valence-corrected chi connectivity index (χ0v) is 20.9. The number of hydrogen-bond donors (Lipinski definition) is 2. The first-order chi connectivity index (χ1) is 16.8. The monoisotopic (exact) mass is 487 g/mol. The predicted octanol–water partition coefficient (Wildman–Crippen LogP) is 5.47. The molecule has 7 nitrogen and oxygen atoms in total. The summed E-state index contributed by atoms with van der Waals surface area (Å²) in [6.45, 7) is 4.34. The molecule has 0 radical (unpaired) electrons. The van der Waals surface area contributed by atoms with Gasteiger partial charge in [0.2, 0.25) is 10.0 Å². The molecule has 2 N–H and O–H groups in total. The Morgan fingerprint density at radius 1 is 1.14 bits per heavy atom. The molecule has 4 aromatic rings. The molecule has 0 spiro atoms. The fourth-order valence-electron chi connectivity index (χ4n) is 4.92. The molecule has 2 atom stereocenters. The van der Waals surface area contributed by atoms with Crippen molar-refractivity contribution in [3.8, 4) is 11.4 Å². The second-order valence-electron chi connectivity index (χ2n) is 9.12. The van der Waals surface area contributed by atoms with Crippen LogP contribution in [0.15, 0.2) is 84.6 Å². The molecule has 8 heteroatoms. The molecule has 2 aromatic heterocycles. The molecular formula is C27H29N5O2S. The molecule has 1 aliphatic carbocycles. The van der Waals surface area contributed by atoms with Crippen molar-refractivity contribution in [3.05, 3.63) is 90.4 Å². The van der Waals surface area contributed by atoms with Gasteiger partial charge >= 0.3 is 0 Å². The standard InChI is InChI=1S/C27H29N5O2S/c1-4-27(21-15-13-19(2)14-16-21,26-28-25(29-30-26)20-9-6-5-7-10-20)32-18-17-22-23(31-35(3,33)34)11-8-12-24(22)32/h5-13,15-19,31H,4,14H2,1-3H3,(H,28,29,30)/t19?,27-/m1/s1. The molecule has 0 bridgehead atoms. The molecule has 5 rings (SSSR count). The van der Waals surface area contributed by atoms with E-state index in [2.05, 4.69) is 51.6 Å². The van der Waals surface area contributed by atoms with Crippen molar-refractivity contribution in [1.29, 1.82) is 0 Å². The lowest BCUT2D eigenvalue weighted by atomic mass is 9.81. The van der Waals surface area contributed by atoms with E-state index in [9.17, 15) is 8.42 Å². The predicted molar refractivity (Wildman–Crippen MR) is 141 cm³/mol. The minimum atomic E-state index is -3.42. The third kappa shape index (κ3) is 4.18. The Morgan fingerprint density at radius 3 is 2.63 bits per heavy atom. The number of nitrogens with zero attached hydrogens (tertiary/aromatic N) is 3. The van der Waals surface area contributed by atoms with Gasteiger partial charge in [-0.05, 0) is 42.5 Å². The van der Waals surface area contributed by atoms with Crippen LogP contribution in [-0.4, -0.2) is 34.4 Å². The normalized spacial score (nSPS) is 17.8. The van der Waals surface area contributed by atoms with E-state index in [4.69, 9.17) is 4.98 Å². The fourth-order valence-corrected chi connectivity index (χ4v) is 5.50. The molecule has 1 aliphatic rings. The highest BCUT2D eigenvalue weighted by atomic mass is 32.2. The maximum atomic E-state index is 12.0. The highest BCUT2D eigenvalue weighted by Gasteiger charge is 2.40. The lowest BCUT2D eigenvalue weighted by molar-refractivity contribution is 0.399. The van der Waals surface area contributed by atoms with Crippen molar-refractivity contribution in [2.24, 2.45) is 5.92 Å². The molecular weight excluding hydrogens is 458 g/mol. The fraction of sp³-hybridized carbons (Fsp3) is 0.259. The summed E-state index contributed by atoms with van der Waals surface area (Å²) >= 11 is 0. The molecule has 0 fully saturated rings. The van der Waals surface area contributed by atoms with Gasteiger partial charge in [-0.15, -0.1) is 0 Å². The highest BCUT2D eigenvalue weighted by Crippen LogP contribution is 2.42. The van der Waals surface area contributed by atoms with Gasteiger partial charge in [0.15, 0.2) is 11.6 Å². The molecule has 180 valence electrons. The first-order valence-electron chi connectivity index (χ1n) is 11.8. The number of rotatable bonds is 7. The Kier molecular flexibility index (Phi) is 5.84. The smallest absolute Gasteiger partial charge is 0.229 e. The van der Waals surface area contributed by atoms with Crippen LogP contribution in [0, 0.1) is 5.92 Å². The van der Waals surface area contributed by atoms with Crippen LogP contribution in [0.3, 0.4) is 0 Å². The van der Waals surface area contributed by atoms with Gasteiger partial charge < -0.3 is 4.57 Å². The molecule has 0 amide bonds. The van der Waals surface area contributed by atoms with Crippen molar-refractivity contribution in [2.45, 2.75) is 32.2 Å². The number of aromatic amines is 1. The van der Waals surface area contributed by atoms with E-state index >= 15 is 0 Å². The van der Waals surface area contributed by atoms with Crippen LogP contribution in [0.1, 0.15) is 32.5 Å². The van der Waals surface area contributed by atoms with Crippen LogP contribution in [0.5, 0.6) is 0 Å². The maximum Gasteiger partial charge on any atom is 0.229 e. The summed E-state index contributed by atoms with van der Waals surface area (Å²) < 4.78 is 28.8. The van der Waals surface area contributed by atoms with Gasteiger partial charge in [0, 0.05) is 17.1 Å². The van der Waals surface area contributed by atoms with Crippen LogP contribution in [0.4, 0.5) is 5.69 Å². The number of allylic oxidation sites excluding steroid dienone is 4. The SMILES string of the molecule is CC[C@@](C1=CCC(C)C=C1)(c1nc(-c2ccccc2)n[nH]1)n1ccc2c(NS(C)(=O)=O)cccc21. The number of benzene rings is 2. The number of hydrogen-bond acceptors (Lipinski definition) is 4. The van der Waals surface area contributed by atoms with Gasteiger partial charge in [0.25, 0.3) is 0 Å². The second kappa shape index (κ2) is 8.85. The van der Waals surface area contributed by atoms with Crippen LogP contribution in [-0.2, 0) is 15.6 Å². The Balaban J connectivity index is 1.73. The first-order valence-corrected chi connectivity index (χ1v) is 13.7. The van der Waals surface area contributed by atoms with Gasteiger partial charge in [0.05, 0.1) is 17.5 Å². The average molecular weight is 488 g/mol. The van der Waals surface area contributed by atoms with Crippen LogP contribution in [0.25, 0.3) is 22.3 Å². The van der Waals surface area contributed by atoms with E-state index in [0.717, 1.165) is 40.5 Å². The summed E-state index contributed by atoms with van der Waals surface area (Å²) in [6, 6.07) is 17.5. The Labute approximate surface area is 205 Å². The van der Waals surface area contributed by atoms with Gasteiger partial charge in [-0.25, -0.2) is 13.4 Å². The molecule has 0 aliphatic heterocycles. The second-order valence-corrected chi connectivity index (χ2v) is 10.9. The Bertz CT molecular complexity index is 1530. The number of nitrogens with one attached hydrogen (secondary N) is 2. The van der Waals surface area contributed by atoms with E-state index in [-0.39, 0.29) is 0 Å². The van der Waals surface area contributed by atoms with Crippen LogP contribution >= 0.6 is 0 Å². The summed E-state index contributed by atoms with van der Waals surface area (Å²) in [4.78, 5) is 4.99. The average Bonchev–Trinajstić information content (AvgIpc) is 3.50. The molecule has 2 heterocycles. The minimum absolute atomic E-state index is 0.467. The van der Waals surface area contributed by atoms with Crippen LogP contribution < -0.4 is 4.72 Å². The number of sulfonamides is 1. The molecule has 1 unspecified atom stereocenters. The first kappa shape index (κ1) is 23.1. The molecule has 35 heavy (non-hydrogen) atoms. The van der Waals surface area contributed by atoms with Gasteiger partial charge in [-0.2, -0.15) is 5.10 Å². The third-order valence-electron chi connectivity index (χ3n) is 6.65. The largest absolute Gasteiger partial charge is 0.330 e. The van der Waals surface area contributed by atoms with Crippen molar-refractivity contribution < 1.29 is 8.42 Å². The maximum absolute atomic E-state index is 12.0. The minimum Gasteiger partial charge on any atom is -0.330 e. The lowest BCUT2D eigenvalue weighted by Gasteiger charge is -2.36. The zero-order valence-electron chi connectivity index (χ0n) is 20.1. The summed E-state index contributed by atoms with van der Waals surface area (Å²) in [5.74, 6) is 1.85. The van der Waals surface area contributed by atoms with E-state index in [1.54, 1.807) is 6.07 Å². The van der Waals surface area contributed by atoms with E-state index in [1.165, 1.54) is 0 Å².